The lowest BCUT2D eigenvalue weighted by Gasteiger charge is -2.15. The Morgan fingerprint density at radius 1 is 1.05 bits per heavy atom. The SMILES string of the molecule is OC(c1c(F)ccc(Br)c1F)c1nccc2ccccc12. The molecular formula is C16H10BrF2NO. The lowest BCUT2D eigenvalue weighted by molar-refractivity contribution is 0.205. The van der Waals surface area contributed by atoms with Gasteiger partial charge >= 0.3 is 0 Å². The van der Waals surface area contributed by atoms with Crippen molar-refractivity contribution in [2.24, 2.45) is 0 Å². The first-order valence-corrected chi connectivity index (χ1v) is 7.04. The van der Waals surface area contributed by atoms with Crippen molar-refractivity contribution < 1.29 is 13.9 Å². The molecule has 1 unspecified atom stereocenters. The van der Waals surface area contributed by atoms with Gasteiger partial charge in [-0.1, -0.05) is 24.3 Å². The van der Waals surface area contributed by atoms with E-state index in [1.54, 1.807) is 18.2 Å². The minimum atomic E-state index is -1.48. The molecule has 5 heteroatoms. The summed E-state index contributed by atoms with van der Waals surface area (Å²) in [5.41, 5.74) is -0.183. The average molecular weight is 350 g/mol. The molecule has 21 heavy (non-hydrogen) atoms. The lowest BCUT2D eigenvalue weighted by Crippen LogP contribution is -2.08. The second-order valence-corrected chi connectivity index (χ2v) is 5.43. The van der Waals surface area contributed by atoms with Gasteiger partial charge in [-0.3, -0.25) is 4.98 Å². The summed E-state index contributed by atoms with van der Waals surface area (Å²) in [6.07, 6.45) is 0.0305. The van der Waals surface area contributed by atoms with E-state index in [0.717, 1.165) is 11.5 Å². The van der Waals surface area contributed by atoms with Crippen LogP contribution in [0.15, 0.2) is 53.1 Å². The van der Waals surface area contributed by atoms with Gasteiger partial charge in [-0.15, -0.1) is 0 Å². The summed E-state index contributed by atoms with van der Waals surface area (Å²) < 4.78 is 28.1. The van der Waals surface area contributed by atoms with E-state index >= 15 is 0 Å². The minimum absolute atomic E-state index is 0.0955. The number of aromatic nitrogens is 1. The molecule has 0 aliphatic rings. The molecule has 0 fully saturated rings. The van der Waals surface area contributed by atoms with Gasteiger partial charge in [0.1, 0.15) is 17.7 Å². The van der Waals surface area contributed by atoms with Gasteiger partial charge in [-0.2, -0.15) is 0 Å². The fourth-order valence-electron chi connectivity index (χ4n) is 2.29. The number of aliphatic hydroxyl groups is 1. The summed E-state index contributed by atoms with van der Waals surface area (Å²) in [7, 11) is 0. The second kappa shape index (κ2) is 5.50. The Morgan fingerprint density at radius 3 is 2.62 bits per heavy atom. The Labute approximate surface area is 128 Å². The van der Waals surface area contributed by atoms with E-state index in [-0.39, 0.29) is 10.2 Å². The molecule has 0 aliphatic carbocycles. The minimum Gasteiger partial charge on any atom is -0.382 e. The normalized spacial score (nSPS) is 12.6. The zero-order chi connectivity index (χ0) is 15.0. The molecule has 1 atom stereocenters. The van der Waals surface area contributed by atoms with Crippen LogP contribution < -0.4 is 0 Å². The Morgan fingerprint density at radius 2 is 1.81 bits per heavy atom. The van der Waals surface area contributed by atoms with Gasteiger partial charge in [0.05, 0.1) is 15.7 Å². The molecule has 1 heterocycles. The standard InChI is InChI=1S/C16H10BrF2NO/c17-11-5-6-12(18)13(14(11)19)16(21)15-10-4-2-1-3-9(10)7-8-20-15/h1-8,16,21H. The van der Waals surface area contributed by atoms with Crippen molar-refractivity contribution in [3.63, 3.8) is 0 Å². The summed E-state index contributed by atoms with van der Waals surface area (Å²) in [6.45, 7) is 0. The Balaban J connectivity index is 2.22. The van der Waals surface area contributed by atoms with Crippen LogP contribution in [0.25, 0.3) is 10.8 Å². The maximum atomic E-state index is 14.1. The van der Waals surface area contributed by atoms with Crippen LogP contribution in [0.3, 0.4) is 0 Å². The molecule has 0 saturated heterocycles. The van der Waals surface area contributed by atoms with E-state index in [1.165, 1.54) is 12.3 Å². The summed E-state index contributed by atoms with van der Waals surface area (Å²) in [5, 5.41) is 11.9. The van der Waals surface area contributed by atoms with Gasteiger partial charge in [0.25, 0.3) is 0 Å². The predicted molar refractivity (Wildman–Crippen MR) is 79.9 cm³/mol. The van der Waals surface area contributed by atoms with Crippen molar-refractivity contribution in [1.29, 1.82) is 0 Å². The zero-order valence-corrected chi connectivity index (χ0v) is 12.3. The maximum absolute atomic E-state index is 14.1. The number of nitrogens with zero attached hydrogens (tertiary/aromatic N) is 1. The van der Waals surface area contributed by atoms with Gasteiger partial charge in [0.15, 0.2) is 0 Å². The molecule has 0 radical (unpaired) electrons. The number of rotatable bonds is 2. The second-order valence-electron chi connectivity index (χ2n) is 4.58. The molecule has 106 valence electrons. The van der Waals surface area contributed by atoms with E-state index < -0.39 is 23.3 Å². The molecule has 2 aromatic carbocycles. The van der Waals surface area contributed by atoms with Gasteiger partial charge in [0.2, 0.25) is 0 Å². The molecular weight excluding hydrogens is 340 g/mol. The number of hydrogen-bond acceptors (Lipinski definition) is 2. The van der Waals surface area contributed by atoms with Gasteiger partial charge in [-0.05, 0) is 39.5 Å². The van der Waals surface area contributed by atoms with Crippen molar-refractivity contribution in [1.82, 2.24) is 4.98 Å². The van der Waals surface area contributed by atoms with Gasteiger partial charge in [-0.25, -0.2) is 8.78 Å². The molecule has 2 nitrogen and oxygen atoms in total. The van der Waals surface area contributed by atoms with Crippen molar-refractivity contribution >= 4 is 26.7 Å². The van der Waals surface area contributed by atoms with Crippen molar-refractivity contribution in [3.8, 4) is 0 Å². The maximum Gasteiger partial charge on any atom is 0.146 e. The summed E-state index contributed by atoms with van der Waals surface area (Å²) in [4.78, 5) is 4.10. The van der Waals surface area contributed by atoms with Gasteiger partial charge < -0.3 is 5.11 Å². The Kier molecular flexibility index (Phi) is 3.69. The molecule has 0 spiro atoms. The number of pyridine rings is 1. The Hall–Kier alpha value is -1.85. The third-order valence-corrected chi connectivity index (χ3v) is 3.93. The molecule has 1 N–H and O–H groups in total. The molecule has 0 saturated carbocycles. The number of hydrogen-bond donors (Lipinski definition) is 1. The van der Waals surface area contributed by atoms with Crippen LogP contribution in [0.5, 0.6) is 0 Å². The molecule has 0 aliphatic heterocycles. The zero-order valence-electron chi connectivity index (χ0n) is 10.7. The van der Waals surface area contributed by atoms with E-state index in [4.69, 9.17) is 0 Å². The lowest BCUT2D eigenvalue weighted by atomic mass is 10.00. The fourth-order valence-corrected chi connectivity index (χ4v) is 2.64. The first-order chi connectivity index (χ1) is 10.1. The third-order valence-electron chi connectivity index (χ3n) is 3.32. The summed E-state index contributed by atoms with van der Waals surface area (Å²) in [5.74, 6) is -1.63. The largest absolute Gasteiger partial charge is 0.382 e. The molecule has 3 aromatic rings. The predicted octanol–water partition coefficient (Wildman–Crippen LogP) is 4.36. The van der Waals surface area contributed by atoms with Crippen LogP contribution in [0.1, 0.15) is 17.4 Å². The summed E-state index contributed by atoms with van der Waals surface area (Å²) >= 11 is 3.00. The topological polar surface area (TPSA) is 33.1 Å². The number of benzene rings is 2. The van der Waals surface area contributed by atoms with Crippen LogP contribution in [0.2, 0.25) is 0 Å². The monoisotopic (exact) mass is 349 g/mol. The Bertz CT molecular complexity index is 817. The van der Waals surface area contributed by atoms with E-state index in [0.29, 0.717) is 5.39 Å². The smallest absolute Gasteiger partial charge is 0.146 e. The highest BCUT2D eigenvalue weighted by atomic mass is 79.9. The highest BCUT2D eigenvalue weighted by Gasteiger charge is 2.24. The van der Waals surface area contributed by atoms with Gasteiger partial charge in [0, 0.05) is 11.6 Å². The number of fused-ring (bicyclic) bond motifs is 1. The quantitative estimate of drug-likeness (QED) is 0.697. The van der Waals surface area contributed by atoms with Crippen LogP contribution in [-0.2, 0) is 0 Å². The molecule has 0 bridgehead atoms. The van der Waals surface area contributed by atoms with Crippen LogP contribution in [0.4, 0.5) is 8.78 Å². The molecule has 1 aromatic heterocycles. The van der Waals surface area contributed by atoms with Crippen LogP contribution in [0, 0.1) is 11.6 Å². The molecule has 0 amide bonds. The van der Waals surface area contributed by atoms with E-state index in [9.17, 15) is 13.9 Å². The van der Waals surface area contributed by atoms with E-state index in [1.807, 2.05) is 12.1 Å². The highest BCUT2D eigenvalue weighted by molar-refractivity contribution is 9.10. The van der Waals surface area contributed by atoms with Crippen molar-refractivity contribution in [2.75, 3.05) is 0 Å². The first-order valence-electron chi connectivity index (χ1n) is 6.24. The number of aliphatic hydroxyl groups excluding tert-OH is 1. The van der Waals surface area contributed by atoms with Crippen molar-refractivity contribution in [2.45, 2.75) is 6.10 Å². The highest BCUT2D eigenvalue weighted by Crippen LogP contribution is 2.32. The van der Waals surface area contributed by atoms with Crippen LogP contribution >= 0.6 is 15.9 Å². The van der Waals surface area contributed by atoms with Crippen LogP contribution in [-0.4, -0.2) is 10.1 Å². The number of halogens is 3. The fraction of sp³-hybridized carbons (Fsp3) is 0.0625. The first kappa shape index (κ1) is 14.1. The average Bonchev–Trinajstić information content (AvgIpc) is 2.50. The molecule has 3 rings (SSSR count). The third kappa shape index (κ3) is 2.43. The van der Waals surface area contributed by atoms with Crippen molar-refractivity contribution in [3.05, 3.63) is 76.0 Å². The summed E-state index contributed by atoms with van der Waals surface area (Å²) in [6, 6.07) is 11.4. The van der Waals surface area contributed by atoms with E-state index in [2.05, 4.69) is 20.9 Å².